The van der Waals surface area contributed by atoms with Crippen LogP contribution in [0.2, 0.25) is 0 Å². The predicted molar refractivity (Wildman–Crippen MR) is 70.2 cm³/mol. The second kappa shape index (κ2) is 6.51. The average molecular weight is 270 g/mol. The van der Waals surface area contributed by atoms with E-state index in [1.165, 1.54) is 0 Å². The van der Waals surface area contributed by atoms with Crippen LogP contribution in [0.3, 0.4) is 0 Å². The summed E-state index contributed by atoms with van der Waals surface area (Å²) in [5.74, 6) is -0.387. The first-order valence-corrected chi connectivity index (χ1v) is 6.57. The first-order chi connectivity index (χ1) is 9.00. The van der Waals surface area contributed by atoms with E-state index in [9.17, 15) is 14.4 Å². The van der Waals surface area contributed by atoms with E-state index >= 15 is 0 Å². The molecule has 1 heterocycles. The summed E-state index contributed by atoms with van der Waals surface area (Å²) in [5.41, 5.74) is 5.12. The van der Waals surface area contributed by atoms with Crippen molar-refractivity contribution in [2.45, 2.75) is 26.7 Å². The van der Waals surface area contributed by atoms with E-state index < -0.39 is 11.4 Å². The number of imide groups is 1. The van der Waals surface area contributed by atoms with Gasteiger partial charge in [0.15, 0.2) is 0 Å². The van der Waals surface area contributed by atoms with Crippen LogP contribution in [0.5, 0.6) is 0 Å². The number of nitrogens with two attached hydrogens (primary N) is 1. The molecule has 0 atom stereocenters. The van der Waals surface area contributed by atoms with Crippen LogP contribution >= 0.6 is 0 Å². The van der Waals surface area contributed by atoms with E-state index in [1.54, 1.807) is 0 Å². The van der Waals surface area contributed by atoms with Crippen molar-refractivity contribution < 1.29 is 14.4 Å². The molecule has 1 fully saturated rings. The van der Waals surface area contributed by atoms with Crippen molar-refractivity contribution in [1.82, 2.24) is 15.5 Å². The Morgan fingerprint density at radius 3 is 2.47 bits per heavy atom. The molecule has 7 heteroatoms. The van der Waals surface area contributed by atoms with Gasteiger partial charge >= 0.3 is 6.03 Å². The maximum Gasteiger partial charge on any atom is 0.324 e. The monoisotopic (exact) mass is 270 g/mol. The number of urea groups is 1. The van der Waals surface area contributed by atoms with Crippen molar-refractivity contribution in [2.24, 2.45) is 11.1 Å². The summed E-state index contributed by atoms with van der Waals surface area (Å²) in [4.78, 5) is 35.8. The number of hydrogen-bond donors (Lipinski definition) is 3. The van der Waals surface area contributed by atoms with Crippen LogP contribution in [0.15, 0.2) is 0 Å². The van der Waals surface area contributed by atoms with E-state index in [4.69, 9.17) is 5.73 Å². The Hall–Kier alpha value is -1.63. The zero-order valence-electron chi connectivity index (χ0n) is 11.5. The third kappa shape index (κ3) is 3.23. The molecule has 0 radical (unpaired) electrons. The number of carbonyl (C=O) groups excluding carboxylic acids is 3. The largest absolute Gasteiger partial charge is 0.354 e. The smallest absolute Gasteiger partial charge is 0.324 e. The second-order valence-corrected chi connectivity index (χ2v) is 4.65. The normalized spacial score (nSPS) is 15.6. The number of carbonyl (C=O) groups is 3. The molecule has 108 valence electrons. The Kier molecular flexibility index (Phi) is 5.29. The molecule has 19 heavy (non-hydrogen) atoms. The Bertz CT molecular complexity index is 342. The number of amides is 4. The van der Waals surface area contributed by atoms with Crippen molar-refractivity contribution in [3.63, 3.8) is 0 Å². The van der Waals surface area contributed by atoms with Gasteiger partial charge in [-0.1, -0.05) is 13.8 Å². The molecular formula is C12H22N4O3. The zero-order chi connectivity index (χ0) is 14.5. The van der Waals surface area contributed by atoms with Gasteiger partial charge in [0, 0.05) is 19.6 Å². The molecule has 0 unspecified atom stereocenters. The van der Waals surface area contributed by atoms with E-state index in [0.29, 0.717) is 12.8 Å². The lowest BCUT2D eigenvalue weighted by Crippen LogP contribution is -2.47. The molecule has 4 N–H and O–H groups in total. The second-order valence-electron chi connectivity index (χ2n) is 4.65. The van der Waals surface area contributed by atoms with Crippen LogP contribution in [-0.4, -0.2) is 48.9 Å². The summed E-state index contributed by atoms with van der Waals surface area (Å²) < 4.78 is 0. The summed E-state index contributed by atoms with van der Waals surface area (Å²) in [7, 11) is 0. The number of nitrogens with zero attached hydrogens (tertiary/aromatic N) is 1. The quantitative estimate of drug-likeness (QED) is 0.538. The maximum atomic E-state index is 12.1. The standard InChI is InChI=1S/C12H22N4O3/c1-3-12(4-2,8-13)10(18)14-5-6-16-9(17)7-15-11(16)19/h3-8,13H2,1-2H3,(H,14,18)(H,15,19). The van der Waals surface area contributed by atoms with E-state index in [1.807, 2.05) is 13.8 Å². The molecular weight excluding hydrogens is 248 g/mol. The molecule has 0 saturated carbocycles. The lowest BCUT2D eigenvalue weighted by molar-refractivity contribution is -0.131. The highest BCUT2D eigenvalue weighted by molar-refractivity contribution is 6.01. The minimum absolute atomic E-state index is 0.0312. The van der Waals surface area contributed by atoms with Gasteiger partial charge < -0.3 is 16.4 Å². The highest BCUT2D eigenvalue weighted by Gasteiger charge is 2.33. The van der Waals surface area contributed by atoms with Gasteiger partial charge in [-0.2, -0.15) is 0 Å². The van der Waals surface area contributed by atoms with Gasteiger partial charge in [0.2, 0.25) is 11.8 Å². The molecule has 0 aromatic rings. The van der Waals surface area contributed by atoms with Crippen molar-refractivity contribution in [1.29, 1.82) is 0 Å². The van der Waals surface area contributed by atoms with Crippen molar-refractivity contribution in [2.75, 3.05) is 26.2 Å². The topological polar surface area (TPSA) is 105 Å². The zero-order valence-corrected chi connectivity index (χ0v) is 11.5. The minimum Gasteiger partial charge on any atom is -0.354 e. The SMILES string of the molecule is CCC(CC)(CN)C(=O)NCCN1C(=O)CNC1=O. The Balaban J connectivity index is 2.46. The number of rotatable bonds is 7. The summed E-state index contributed by atoms with van der Waals surface area (Å²) in [6, 6.07) is -0.407. The summed E-state index contributed by atoms with van der Waals surface area (Å²) in [6.07, 6.45) is 1.32. The van der Waals surface area contributed by atoms with E-state index in [0.717, 1.165) is 4.90 Å². The van der Waals surface area contributed by atoms with Crippen LogP contribution in [0.4, 0.5) is 4.79 Å². The average Bonchev–Trinajstić information content (AvgIpc) is 2.73. The molecule has 7 nitrogen and oxygen atoms in total. The molecule has 1 rings (SSSR count). The van der Waals surface area contributed by atoms with Gasteiger partial charge in [0.05, 0.1) is 12.0 Å². The molecule has 0 bridgehead atoms. The van der Waals surface area contributed by atoms with Crippen LogP contribution in [0.25, 0.3) is 0 Å². The fourth-order valence-corrected chi connectivity index (χ4v) is 2.10. The molecule has 0 spiro atoms. The van der Waals surface area contributed by atoms with Gasteiger partial charge in [-0.15, -0.1) is 0 Å². The first kappa shape index (κ1) is 15.4. The minimum atomic E-state index is -0.558. The van der Waals surface area contributed by atoms with E-state index in [2.05, 4.69) is 10.6 Å². The number of nitrogens with one attached hydrogen (secondary N) is 2. The molecule has 0 aromatic heterocycles. The Morgan fingerprint density at radius 1 is 1.42 bits per heavy atom. The molecule has 4 amide bonds. The summed E-state index contributed by atoms with van der Waals surface area (Å²) in [6.45, 7) is 4.60. The third-order valence-electron chi connectivity index (χ3n) is 3.78. The van der Waals surface area contributed by atoms with Gasteiger partial charge in [0.1, 0.15) is 0 Å². The molecule has 1 saturated heterocycles. The van der Waals surface area contributed by atoms with Crippen LogP contribution in [-0.2, 0) is 9.59 Å². The van der Waals surface area contributed by atoms with E-state index in [-0.39, 0.29) is 38.0 Å². The lowest BCUT2D eigenvalue weighted by atomic mass is 9.81. The first-order valence-electron chi connectivity index (χ1n) is 6.57. The molecule has 0 aliphatic carbocycles. The summed E-state index contributed by atoms with van der Waals surface area (Å²) in [5, 5.41) is 5.18. The molecule has 1 aliphatic heterocycles. The van der Waals surface area contributed by atoms with Crippen LogP contribution in [0, 0.1) is 5.41 Å². The Morgan fingerprint density at radius 2 is 2.05 bits per heavy atom. The van der Waals surface area contributed by atoms with Crippen LogP contribution in [0.1, 0.15) is 26.7 Å². The van der Waals surface area contributed by atoms with Crippen LogP contribution < -0.4 is 16.4 Å². The highest BCUT2D eigenvalue weighted by atomic mass is 16.2. The third-order valence-corrected chi connectivity index (χ3v) is 3.78. The van der Waals surface area contributed by atoms with Crippen molar-refractivity contribution in [3.8, 4) is 0 Å². The highest BCUT2D eigenvalue weighted by Crippen LogP contribution is 2.24. The fraction of sp³-hybridized carbons (Fsp3) is 0.750. The summed E-state index contributed by atoms with van der Waals surface area (Å²) >= 11 is 0. The fourth-order valence-electron chi connectivity index (χ4n) is 2.10. The van der Waals surface area contributed by atoms with Crippen molar-refractivity contribution >= 4 is 17.8 Å². The lowest BCUT2D eigenvalue weighted by Gasteiger charge is -2.28. The van der Waals surface area contributed by atoms with Gasteiger partial charge in [0.25, 0.3) is 0 Å². The van der Waals surface area contributed by atoms with Gasteiger partial charge in [-0.3, -0.25) is 14.5 Å². The van der Waals surface area contributed by atoms with Crippen molar-refractivity contribution in [3.05, 3.63) is 0 Å². The predicted octanol–water partition coefficient (Wildman–Crippen LogP) is -0.580. The van der Waals surface area contributed by atoms with Gasteiger partial charge in [-0.25, -0.2) is 4.79 Å². The molecule has 0 aromatic carbocycles. The number of hydrogen-bond acceptors (Lipinski definition) is 4. The maximum absolute atomic E-state index is 12.1. The molecule has 1 aliphatic rings. The Labute approximate surface area is 112 Å². The van der Waals surface area contributed by atoms with Gasteiger partial charge in [-0.05, 0) is 12.8 Å².